The molecule has 0 saturated carbocycles. The number of hydrogen-bond donors (Lipinski definition) is 0. The van der Waals surface area contributed by atoms with Gasteiger partial charge in [0.05, 0.1) is 0 Å². The van der Waals surface area contributed by atoms with Crippen LogP contribution in [-0.4, -0.2) is 37.2 Å². The molecule has 0 aliphatic carbocycles. The van der Waals surface area contributed by atoms with Crippen molar-refractivity contribution < 1.29 is 28.6 Å². The van der Waals surface area contributed by atoms with Crippen LogP contribution in [0.2, 0.25) is 0 Å². The van der Waals surface area contributed by atoms with Crippen LogP contribution in [0.3, 0.4) is 0 Å². The Bertz CT molecular complexity index is 1610. The predicted octanol–water partition coefficient (Wildman–Crippen LogP) is 24.8. The first-order valence-corrected chi connectivity index (χ1v) is 35.7. The van der Waals surface area contributed by atoms with Crippen molar-refractivity contribution in [1.29, 1.82) is 0 Å². The lowest BCUT2D eigenvalue weighted by Gasteiger charge is -2.18. The maximum absolute atomic E-state index is 13.0. The van der Waals surface area contributed by atoms with Crippen LogP contribution in [0.5, 0.6) is 0 Å². The Morgan fingerprint density at radius 2 is 0.470 bits per heavy atom. The van der Waals surface area contributed by atoms with Crippen molar-refractivity contribution in [1.82, 2.24) is 0 Å². The van der Waals surface area contributed by atoms with E-state index in [9.17, 15) is 14.4 Å². The van der Waals surface area contributed by atoms with E-state index in [1.807, 2.05) is 0 Å². The van der Waals surface area contributed by atoms with Crippen LogP contribution in [0.25, 0.3) is 0 Å². The summed E-state index contributed by atoms with van der Waals surface area (Å²) < 4.78 is 17.0. The van der Waals surface area contributed by atoms with Gasteiger partial charge in [-0.1, -0.05) is 311 Å². The van der Waals surface area contributed by atoms with Crippen molar-refractivity contribution in [2.75, 3.05) is 13.2 Å². The molecular formula is C77H134O6. The number of esters is 3. The van der Waals surface area contributed by atoms with Gasteiger partial charge in [0.2, 0.25) is 0 Å². The molecule has 1 unspecified atom stereocenters. The third kappa shape index (κ3) is 69.0. The molecule has 0 aliphatic heterocycles. The summed E-state index contributed by atoms with van der Waals surface area (Å²) in [4.78, 5) is 38.5. The van der Waals surface area contributed by atoms with E-state index >= 15 is 0 Å². The molecular weight excluding hydrogens is 1020 g/mol. The van der Waals surface area contributed by atoms with Gasteiger partial charge in [0.1, 0.15) is 13.2 Å². The Balaban J connectivity index is 4.40. The normalized spacial score (nSPS) is 12.7. The number of unbranched alkanes of at least 4 members (excludes halogenated alkanes) is 38. The molecule has 0 aromatic rings. The highest BCUT2D eigenvalue weighted by atomic mass is 16.6. The number of allylic oxidation sites excluding steroid dienone is 16. The summed E-state index contributed by atoms with van der Waals surface area (Å²) >= 11 is 0. The van der Waals surface area contributed by atoms with E-state index in [4.69, 9.17) is 14.2 Å². The van der Waals surface area contributed by atoms with Crippen molar-refractivity contribution in [2.24, 2.45) is 0 Å². The molecule has 0 aromatic carbocycles. The van der Waals surface area contributed by atoms with Gasteiger partial charge in [-0.3, -0.25) is 14.4 Å². The molecule has 6 nitrogen and oxygen atoms in total. The summed E-state index contributed by atoms with van der Waals surface area (Å²) in [6, 6.07) is 0. The monoisotopic (exact) mass is 1160 g/mol. The smallest absolute Gasteiger partial charge is 0.306 e. The molecule has 0 rings (SSSR count). The Morgan fingerprint density at radius 1 is 0.253 bits per heavy atom. The first-order chi connectivity index (χ1) is 41.0. The highest BCUT2D eigenvalue weighted by Gasteiger charge is 2.19. The summed E-state index contributed by atoms with van der Waals surface area (Å²) in [5.74, 6) is -0.884. The summed E-state index contributed by atoms with van der Waals surface area (Å²) in [6.45, 7) is 6.55. The number of rotatable bonds is 65. The maximum atomic E-state index is 13.0. The van der Waals surface area contributed by atoms with Crippen LogP contribution in [0.1, 0.15) is 355 Å². The summed E-state index contributed by atoms with van der Waals surface area (Å²) in [5, 5.41) is 0. The minimum absolute atomic E-state index is 0.0831. The lowest BCUT2D eigenvalue weighted by atomic mass is 10.1. The van der Waals surface area contributed by atoms with Crippen LogP contribution in [-0.2, 0) is 28.6 Å². The topological polar surface area (TPSA) is 78.9 Å². The van der Waals surface area contributed by atoms with Crippen LogP contribution >= 0.6 is 0 Å². The van der Waals surface area contributed by atoms with Gasteiger partial charge in [0, 0.05) is 19.3 Å². The molecule has 0 N–H and O–H groups in total. The molecule has 83 heavy (non-hydrogen) atoms. The van der Waals surface area contributed by atoms with Gasteiger partial charge in [-0.05, 0) is 122 Å². The molecule has 6 heteroatoms. The molecule has 478 valence electrons. The Kier molecular flexibility index (Phi) is 67.7. The van der Waals surface area contributed by atoms with Crippen molar-refractivity contribution in [3.8, 4) is 0 Å². The van der Waals surface area contributed by atoms with E-state index in [-0.39, 0.29) is 31.1 Å². The van der Waals surface area contributed by atoms with E-state index in [1.54, 1.807) is 0 Å². The first-order valence-electron chi connectivity index (χ1n) is 35.7. The van der Waals surface area contributed by atoms with Gasteiger partial charge in [-0.2, -0.15) is 0 Å². The maximum Gasteiger partial charge on any atom is 0.306 e. The van der Waals surface area contributed by atoms with Gasteiger partial charge in [0.15, 0.2) is 6.10 Å². The summed E-state index contributed by atoms with van der Waals surface area (Å²) in [5.41, 5.74) is 0. The van der Waals surface area contributed by atoms with Crippen molar-refractivity contribution in [3.05, 3.63) is 97.2 Å². The second kappa shape index (κ2) is 70.8. The zero-order valence-electron chi connectivity index (χ0n) is 54.9. The fraction of sp³-hybridized carbons (Fsp3) is 0.753. The average Bonchev–Trinajstić information content (AvgIpc) is 3.49. The zero-order chi connectivity index (χ0) is 59.9. The highest BCUT2D eigenvalue weighted by molar-refractivity contribution is 5.71. The Labute approximate surface area is 515 Å². The number of hydrogen-bond acceptors (Lipinski definition) is 6. The molecule has 1 atom stereocenters. The van der Waals surface area contributed by atoms with Gasteiger partial charge in [-0.15, -0.1) is 0 Å². The van der Waals surface area contributed by atoms with E-state index in [0.29, 0.717) is 19.3 Å². The molecule has 0 bridgehead atoms. The predicted molar refractivity (Wildman–Crippen MR) is 362 cm³/mol. The average molecular weight is 1160 g/mol. The summed E-state index contributed by atoms with van der Waals surface area (Å²) in [6.07, 6.45) is 95.6. The minimum atomic E-state index is -0.790. The minimum Gasteiger partial charge on any atom is -0.462 e. The quantitative estimate of drug-likeness (QED) is 0.0261. The third-order valence-corrected chi connectivity index (χ3v) is 15.5. The van der Waals surface area contributed by atoms with Crippen LogP contribution in [0, 0.1) is 0 Å². The van der Waals surface area contributed by atoms with Crippen LogP contribution in [0.4, 0.5) is 0 Å². The fourth-order valence-corrected chi connectivity index (χ4v) is 10.2. The van der Waals surface area contributed by atoms with Gasteiger partial charge < -0.3 is 14.2 Å². The molecule has 0 aromatic heterocycles. The standard InChI is InChI=1S/C77H134O6/c1-4-7-10-13-16-19-22-25-28-31-34-37-38-41-43-46-49-52-55-58-61-64-67-70-76(79)82-73-74(83-77(80)71-68-65-62-59-56-53-50-47-44-40-36-33-30-27-24-21-18-15-12-9-6-3)72-81-75(78)69-66-63-60-57-54-51-48-45-42-39-35-32-29-26-23-20-17-14-11-8-5-2/h9,12,18,21-22,25,27,30-32,34-36,38,40-41,74H,4-8,10-11,13-17,19-20,23-24,26,28-29,33,37,39,42-73H2,1-3H3/b12-9-,21-18-,25-22-,30-27-,34-31-,35-32-,40-36-,41-38-. The number of carbonyl (C=O) groups is 3. The van der Waals surface area contributed by atoms with E-state index in [1.165, 1.54) is 205 Å². The van der Waals surface area contributed by atoms with Gasteiger partial charge >= 0.3 is 17.9 Å². The Hall–Kier alpha value is -3.67. The van der Waals surface area contributed by atoms with Crippen LogP contribution in [0.15, 0.2) is 97.2 Å². The molecule has 0 aliphatic rings. The van der Waals surface area contributed by atoms with Gasteiger partial charge in [-0.25, -0.2) is 0 Å². The molecule has 0 amide bonds. The van der Waals surface area contributed by atoms with Crippen molar-refractivity contribution in [2.45, 2.75) is 361 Å². The molecule has 0 saturated heterocycles. The second-order valence-electron chi connectivity index (χ2n) is 23.8. The molecule has 0 radical (unpaired) electrons. The van der Waals surface area contributed by atoms with Crippen molar-refractivity contribution in [3.63, 3.8) is 0 Å². The molecule has 0 heterocycles. The van der Waals surface area contributed by atoms with E-state index in [0.717, 1.165) is 109 Å². The lowest BCUT2D eigenvalue weighted by molar-refractivity contribution is -0.167. The first kappa shape index (κ1) is 79.3. The highest BCUT2D eigenvalue weighted by Crippen LogP contribution is 2.17. The zero-order valence-corrected chi connectivity index (χ0v) is 54.9. The van der Waals surface area contributed by atoms with Crippen molar-refractivity contribution >= 4 is 17.9 Å². The lowest BCUT2D eigenvalue weighted by Crippen LogP contribution is -2.30. The SMILES string of the molecule is CC/C=C\C/C=C\C/C=C\C/C=C\CCCCCCCCCCC(=O)OC(COC(=O)CCCCCCCCCC/C=C\C/C=C\C/C=C\CCCCCCC)COC(=O)CCCCCCCCCCC/C=C\CCCCCCCCCC. The fourth-order valence-electron chi connectivity index (χ4n) is 10.2. The van der Waals surface area contributed by atoms with E-state index in [2.05, 4.69) is 118 Å². The molecule has 0 fully saturated rings. The largest absolute Gasteiger partial charge is 0.462 e. The number of ether oxygens (including phenoxy) is 3. The second-order valence-corrected chi connectivity index (χ2v) is 23.8. The van der Waals surface area contributed by atoms with E-state index < -0.39 is 6.10 Å². The molecule has 0 spiro atoms. The van der Waals surface area contributed by atoms with Crippen LogP contribution < -0.4 is 0 Å². The summed E-state index contributed by atoms with van der Waals surface area (Å²) in [7, 11) is 0. The Morgan fingerprint density at radius 3 is 0.747 bits per heavy atom. The third-order valence-electron chi connectivity index (χ3n) is 15.5. The number of carbonyl (C=O) groups excluding carboxylic acids is 3. The van der Waals surface area contributed by atoms with Gasteiger partial charge in [0.25, 0.3) is 0 Å².